The Morgan fingerprint density at radius 3 is 2.41 bits per heavy atom. The van der Waals surface area contributed by atoms with E-state index < -0.39 is 0 Å². The Kier molecular flexibility index (Phi) is 9.74. The number of hydrogen-bond acceptors (Lipinski definition) is 2. The maximum Gasteiger partial charge on any atom is 0.319 e. The summed E-state index contributed by atoms with van der Waals surface area (Å²) in [5.74, 6) is 0. The van der Waals surface area contributed by atoms with E-state index in [2.05, 4.69) is 34.6 Å². The first-order valence-electron chi connectivity index (χ1n) is 9.74. The minimum atomic E-state index is -0.139. The summed E-state index contributed by atoms with van der Waals surface area (Å²) in [7, 11) is 0. The molecule has 0 spiro atoms. The average Bonchev–Trinajstić information content (AvgIpc) is 2.69. The van der Waals surface area contributed by atoms with E-state index in [1.54, 1.807) is 0 Å². The highest BCUT2D eigenvalue weighted by Gasteiger charge is 2.04. The van der Waals surface area contributed by atoms with Gasteiger partial charge >= 0.3 is 6.03 Å². The standard InChI is InChI=1S/C22H30ClN3O/c1-2-26(18-15-19-11-13-20(23)14-12-19)17-8-4-7-16-24-22(27)25-21-9-5-3-6-10-21/h3,5-6,9-14H,2,4,7-8,15-18H2,1H3,(H2,24,25,27). The third-order valence-corrected chi connectivity index (χ3v) is 4.80. The highest BCUT2D eigenvalue weighted by atomic mass is 35.5. The molecule has 146 valence electrons. The van der Waals surface area contributed by atoms with Crippen molar-refractivity contribution in [2.24, 2.45) is 0 Å². The first-order valence-corrected chi connectivity index (χ1v) is 10.1. The number of para-hydroxylation sites is 1. The number of anilines is 1. The Balaban J connectivity index is 1.53. The summed E-state index contributed by atoms with van der Waals surface area (Å²) in [5.41, 5.74) is 2.14. The number of unbranched alkanes of at least 4 members (excludes halogenated alkanes) is 2. The molecule has 0 unspecified atom stereocenters. The summed E-state index contributed by atoms with van der Waals surface area (Å²) in [4.78, 5) is 14.3. The molecule has 0 saturated carbocycles. The molecule has 0 aliphatic heterocycles. The molecule has 0 fully saturated rings. The smallest absolute Gasteiger partial charge is 0.319 e. The zero-order valence-corrected chi connectivity index (χ0v) is 16.8. The molecule has 0 radical (unpaired) electrons. The number of benzene rings is 2. The number of carbonyl (C=O) groups is 1. The van der Waals surface area contributed by atoms with Gasteiger partial charge in [-0.3, -0.25) is 0 Å². The van der Waals surface area contributed by atoms with Crippen LogP contribution in [0.5, 0.6) is 0 Å². The van der Waals surface area contributed by atoms with E-state index >= 15 is 0 Å². The Hall–Kier alpha value is -2.04. The monoisotopic (exact) mass is 387 g/mol. The average molecular weight is 388 g/mol. The van der Waals surface area contributed by atoms with Crippen LogP contribution in [0, 0.1) is 0 Å². The number of nitrogens with zero attached hydrogens (tertiary/aromatic N) is 1. The summed E-state index contributed by atoms with van der Waals surface area (Å²) in [5, 5.41) is 6.53. The molecular formula is C22H30ClN3O. The third-order valence-electron chi connectivity index (χ3n) is 4.55. The zero-order valence-electron chi connectivity index (χ0n) is 16.1. The van der Waals surface area contributed by atoms with Gasteiger partial charge in [0, 0.05) is 23.8 Å². The second-order valence-corrected chi connectivity index (χ2v) is 7.05. The van der Waals surface area contributed by atoms with Gasteiger partial charge in [-0.1, -0.05) is 55.3 Å². The van der Waals surface area contributed by atoms with E-state index in [-0.39, 0.29) is 6.03 Å². The summed E-state index contributed by atoms with van der Waals surface area (Å²) >= 11 is 5.93. The summed E-state index contributed by atoms with van der Waals surface area (Å²) in [6.07, 6.45) is 4.31. The molecule has 2 amide bonds. The maximum atomic E-state index is 11.8. The molecule has 5 heteroatoms. The number of halogens is 1. The van der Waals surface area contributed by atoms with Crippen LogP contribution < -0.4 is 10.6 Å². The largest absolute Gasteiger partial charge is 0.338 e. The summed E-state index contributed by atoms with van der Waals surface area (Å²) in [6, 6.07) is 17.5. The third kappa shape index (κ3) is 8.94. The first kappa shape index (κ1) is 21.3. The minimum absolute atomic E-state index is 0.139. The summed E-state index contributed by atoms with van der Waals surface area (Å²) < 4.78 is 0. The zero-order chi connectivity index (χ0) is 19.3. The molecule has 2 N–H and O–H groups in total. The molecule has 0 aliphatic rings. The number of rotatable bonds is 11. The van der Waals surface area contributed by atoms with Gasteiger partial charge in [-0.25, -0.2) is 4.79 Å². The number of likely N-dealkylation sites (N-methyl/N-ethyl adjacent to an activating group) is 1. The topological polar surface area (TPSA) is 44.4 Å². The molecule has 2 aromatic carbocycles. The van der Waals surface area contributed by atoms with Crippen molar-refractivity contribution in [2.45, 2.75) is 32.6 Å². The summed E-state index contributed by atoms with van der Waals surface area (Å²) in [6.45, 7) is 6.13. The van der Waals surface area contributed by atoms with Crippen LogP contribution in [0.4, 0.5) is 10.5 Å². The van der Waals surface area contributed by atoms with Crippen LogP contribution in [-0.2, 0) is 6.42 Å². The molecular weight excluding hydrogens is 358 g/mol. The normalized spacial score (nSPS) is 10.8. The molecule has 0 heterocycles. The Morgan fingerprint density at radius 1 is 0.963 bits per heavy atom. The number of carbonyl (C=O) groups excluding carboxylic acids is 1. The molecule has 2 aromatic rings. The fourth-order valence-electron chi connectivity index (χ4n) is 2.90. The van der Waals surface area contributed by atoms with Crippen LogP contribution in [0.15, 0.2) is 54.6 Å². The fraction of sp³-hybridized carbons (Fsp3) is 0.409. The van der Waals surface area contributed by atoms with Gasteiger partial charge in [0.2, 0.25) is 0 Å². The number of nitrogens with one attached hydrogen (secondary N) is 2. The Labute approximate surface area is 167 Å². The fourth-order valence-corrected chi connectivity index (χ4v) is 3.03. The lowest BCUT2D eigenvalue weighted by atomic mass is 10.1. The van der Waals surface area contributed by atoms with E-state index in [1.807, 2.05) is 42.5 Å². The second kappa shape index (κ2) is 12.4. The van der Waals surface area contributed by atoms with Crippen molar-refractivity contribution in [1.82, 2.24) is 10.2 Å². The van der Waals surface area contributed by atoms with Gasteiger partial charge in [0.05, 0.1) is 0 Å². The van der Waals surface area contributed by atoms with E-state index in [1.165, 1.54) is 5.56 Å². The molecule has 0 bridgehead atoms. The van der Waals surface area contributed by atoms with Crippen LogP contribution in [0.25, 0.3) is 0 Å². The molecule has 4 nitrogen and oxygen atoms in total. The second-order valence-electron chi connectivity index (χ2n) is 6.62. The molecule has 0 atom stereocenters. The molecule has 2 rings (SSSR count). The Morgan fingerprint density at radius 2 is 1.70 bits per heavy atom. The van der Waals surface area contributed by atoms with Gasteiger partial charge in [-0.15, -0.1) is 0 Å². The van der Waals surface area contributed by atoms with Crippen molar-refractivity contribution in [1.29, 1.82) is 0 Å². The molecule has 0 aliphatic carbocycles. The predicted octanol–water partition coefficient (Wildman–Crippen LogP) is 5.20. The lowest BCUT2D eigenvalue weighted by molar-refractivity contribution is 0.251. The Bertz CT molecular complexity index is 661. The van der Waals surface area contributed by atoms with Gasteiger partial charge in [-0.05, 0) is 62.2 Å². The SMILES string of the molecule is CCN(CCCCCNC(=O)Nc1ccccc1)CCc1ccc(Cl)cc1. The van der Waals surface area contributed by atoms with Crippen LogP contribution in [-0.4, -0.2) is 37.1 Å². The minimum Gasteiger partial charge on any atom is -0.338 e. The highest BCUT2D eigenvalue weighted by Crippen LogP contribution is 2.10. The maximum absolute atomic E-state index is 11.8. The molecule has 0 saturated heterocycles. The van der Waals surface area contributed by atoms with Gasteiger partial charge in [0.1, 0.15) is 0 Å². The van der Waals surface area contributed by atoms with Crippen LogP contribution in [0.3, 0.4) is 0 Å². The van der Waals surface area contributed by atoms with Crippen molar-refractivity contribution >= 4 is 23.3 Å². The number of urea groups is 1. The van der Waals surface area contributed by atoms with Crippen molar-refractivity contribution in [3.8, 4) is 0 Å². The number of amides is 2. The van der Waals surface area contributed by atoms with E-state index in [0.717, 1.165) is 56.0 Å². The highest BCUT2D eigenvalue weighted by molar-refractivity contribution is 6.30. The van der Waals surface area contributed by atoms with Gasteiger partial charge < -0.3 is 15.5 Å². The molecule has 0 aromatic heterocycles. The number of hydrogen-bond donors (Lipinski definition) is 2. The first-order chi connectivity index (χ1) is 13.2. The van der Waals surface area contributed by atoms with Crippen molar-refractivity contribution in [2.75, 3.05) is 31.5 Å². The van der Waals surface area contributed by atoms with Crippen molar-refractivity contribution in [3.05, 3.63) is 65.2 Å². The van der Waals surface area contributed by atoms with Gasteiger partial charge in [0.25, 0.3) is 0 Å². The van der Waals surface area contributed by atoms with Crippen molar-refractivity contribution < 1.29 is 4.79 Å². The predicted molar refractivity (Wildman–Crippen MR) is 115 cm³/mol. The quantitative estimate of drug-likeness (QED) is 0.520. The van der Waals surface area contributed by atoms with E-state index in [9.17, 15) is 4.79 Å². The lowest BCUT2D eigenvalue weighted by Crippen LogP contribution is -2.30. The van der Waals surface area contributed by atoms with E-state index in [0.29, 0.717) is 6.54 Å². The van der Waals surface area contributed by atoms with E-state index in [4.69, 9.17) is 11.6 Å². The van der Waals surface area contributed by atoms with Crippen LogP contribution in [0.2, 0.25) is 5.02 Å². The molecule has 27 heavy (non-hydrogen) atoms. The lowest BCUT2D eigenvalue weighted by Gasteiger charge is -2.20. The van der Waals surface area contributed by atoms with Gasteiger partial charge in [-0.2, -0.15) is 0 Å². The van der Waals surface area contributed by atoms with Crippen LogP contribution >= 0.6 is 11.6 Å². The van der Waals surface area contributed by atoms with Crippen molar-refractivity contribution in [3.63, 3.8) is 0 Å². The van der Waals surface area contributed by atoms with Crippen LogP contribution in [0.1, 0.15) is 31.7 Å². The van der Waals surface area contributed by atoms with Gasteiger partial charge in [0.15, 0.2) is 0 Å².